The fourth-order valence-electron chi connectivity index (χ4n) is 1.81. The van der Waals surface area contributed by atoms with Crippen LogP contribution in [0.1, 0.15) is 23.0 Å². The summed E-state index contributed by atoms with van der Waals surface area (Å²) in [5.74, 6) is -0.367. The summed E-state index contributed by atoms with van der Waals surface area (Å²) in [6, 6.07) is 6.35. The normalized spacial score (nSPS) is 12.1. The summed E-state index contributed by atoms with van der Waals surface area (Å²) in [6.45, 7) is 2.55. The van der Waals surface area contributed by atoms with Gasteiger partial charge in [-0.2, -0.15) is 0 Å². The molecule has 2 rings (SSSR count). The van der Waals surface area contributed by atoms with Gasteiger partial charge in [0.15, 0.2) is 0 Å². The van der Waals surface area contributed by atoms with E-state index in [4.69, 9.17) is 5.11 Å². The SMILES string of the molecule is CC(CCO)CNC(=O)c1cnc(-c2ccccc2F)s1. The quantitative estimate of drug-likeness (QED) is 0.862. The summed E-state index contributed by atoms with van der Waals surface area (Å²) in [6.07, 6.45) is 2.10. The number of rotatable bonds is 6. The van der Waals surface area contributed by atoms with Crippen molar-refractivity contribution in [1.82, 2.24) is 10.3 Å². The van der Waals surface area contributed by atoms with Crippen LogP contribution in [-0.2, 0) is 0 Å². The molecule has 0 aliphatic carbocycles. The highest BCUT2D eigenvalue weighted by Crippen LogP contribution is 2.27. The molecule has 0 saturated carbocycles. The van der Waals surface area contributed by atoms with Crippen LogP contribution in [0.2, 0.25) is 0 Å². The first-order valence-corrected chi connectivity index (χ1v) is 7.53. The van der Waals surface area contributed by atoms with E-state index in [1.165, 1.54) is 12.3 Å². The zero-order chi connectivity index (χ0) is 15.2. The summed E-state index contributed by atoms with van der Waals surface area (Å²) < 4.78 is 13.7. The van der Waals surface area contributed by atoms with Gasteiger partial charge in [-0.3, -0.25) is 4.79 Å². The monoisotopic (exact) mass is 308 g/mol. The Balaban J connectivity index is 2.03. The van der Waals surface area contributed by atoms with E-state index in [9.17, 15) is 9.18 Å². The Bertz CT molecular complexity index is 615. The van der Waals surface area contributed by atoms with Crippen LogP contribution in [0, 0.1) is 11.7 Å². The minimum Gasteiger partial charge on any atom is -0.396 e. The van der Waals surface area contributed by atoms with Crippen LogP contribution in [0.25, 0.3) is 10.6 Å². The molecule has 1 unspecified atom stereocenters. The molecule has 0 bridgehead atoms. The van der Waals surface area contributed by atoms with E-state index >= 15 is 0 Å². The number of aliphatic hydroxyl groups is 1. The van der Waals surface area contributed by atoms with E-state index in [0.717, 1.165) is 11.3 Å². The summed E-state index contributed by atoms with van der Waals surface area (Å²) >= 11 is 1.16. The average molecular weight is 308 g/mol. The number of amides is 1. The van der Waals surface area contributed by atoms with Gasteiger partial charge < -0.3 is 10.4 Å². The molecule has 21 heavy (non-hydrogen) atoms. The van der Waals surface area contributed by atoms with Crippen LogP contribution in [0.4, 0.5) is 4.39 Å². The zero-order valence-electron chi connectivity index (χ0n) is 11.7. The zero-order valence-corrected chi connectivity index (χ0v) is 12.5. The van der Waals surface area contributed by atoms with Crippen LogP contribution in [0.5, 0.6) is 0 Å². The van der Waals surface area contributed by atoms with Gasteiger partial charge in [-0.05, 0) is 24.5 Å². The molecule has 1 aromatic heterocycles. The maximum absolute atomic E-state index is 13.7. The van der Waals surface area contributed by atoms with Gasteiger partial charge in [-0.1, -0.05) is 19.1 Å². The number of carbonyl (C=O) groups is 1. The Morgan fingerprint density at radius 3 is 2.95 bits per heavy atom. The van der Waals surface area contributed by atoms with Crippen LogP contribution in [0.3, 0.4) is 0 Å². The van der Waals surface area contributed by atoms with Crippen LogP contribution in [0.15, 0.2) is 30.5 Å². The number of nitrogens with zero attached hydrogens (tertiary/aromatic N) is 1. The van der Waals surface area contributed by atoms with Crippen molar-refractivity contribution in [2.45, 2.75) is 13.3 Å². The van der Waals surface area contributed by atoms with E-state index in [2.05, 4.69) is 10.3 Å². The predicted molar refractivity (Wildman–Crippen MR) is 80.7 cm³/mol. The second kappa shape index (κ2) is 7.28. The van der Waals surface area contributed by atoms with Crippen LogP contribution < -0.4 is 5.32 Å². The second-order valence-corrected chi connectivity index (χ2v) is 5.87. The third kappa shape index (κ3) is 4.09. The molecule has 0 radical (unpaired) electrons. The molecule has 1 aromatic carbocycles. The average Bonchev–Trinajstić information content (AvgIpc) is 2.95. The van der Waals surface area contributed by atoms with E-state index in [0.29, 0.717) is 28.4 Å². The van der Waals surface area contributed by atoms with Crippen molar-refractivity contribution in [2.24, 2.45) is 5.92 Å². The molecular formula is C15H17FN2O2S. The first kappa shape index (κ1) is 15.6. The number of carbonyl (C=O) groups excluding carboxylic acids is 1. The highest BCUT2D eigenvalue weighted by molar-refractivity contribution is 7.16. The number of halogens is 1. The first-order valence-electron chi connectivity index (χ1n) is 6.71. The summed E-state index contributed by atoms with van der Waals surface area (Å²) in [4.78, 5) is 16.5. The van der Waals surface area contributed by atoms with E-state index in [1.54, 1.807) is 18.2 Å². The lowest BCUT2D eigenvalue weighted by atomic mass is 10.1. The van der Waals surface area contributed by atoms with Gasteiger partial charge >= 0.3 is 0 Å². The molecule has 2 N–H and O–H groups in total. The molecule has 6 heteroatoms. The van der Waals surface area contributed by atoms with Crippen molar-refractivity contribution >= 4 is 17.2 Å². The maximum atomic E-state index is 13.7. The number of thiazole rings is 1. The van der Waals surface area contributed by atoms with Gasteiger partial charge in [-0.25, -0.2) is 9.37 Å². The largest absolute Gasteiger partial charge is 0.396 e. The molecule has 0 saturated heterocycles. The van der Waals surface area contributed by atoms with Crippen LogP contribution >= 0.6 is 11.3 Å². The molecule has 1 atom stereocenters. The number of aromatic nitrogens is 1. The Hall–Kier alpha value is -1.79. The Morgan fingerprint density at radius 1 is 1.48 bits per heavy atom. The van der Waals surface area contributed by atoms with Gasteiger partial charge in [0, 0.05) is 18.7 Å². The molecule has 4 nitrogen and oxygen atoms in total. The molecule has 112 valence electrons. The maximum Gasteiger partial charge on any atom is 0.263 e. The Morgan fingerprint density at radius 2 is 2.24 bits per heavy atom. The second-order valence-electron chi connectivity index (χ2n) is 4.84. The Labute approximate surface area is 126 Å². The Kier molecular flexibility index (Phi) is 5.41. The van der Waals surface area contributed by atoms with E-state index < -0.39 is 0 Å². The molecular weight excluding hydrogens is 291 g/mol. The standard InChI is InChI=1S/C15H17FN2O2S/c1-10(6-7-19)8-17-14(20)13-9-18-15(21-13)11-4-2-3-5-12(11)16/h2-5,9-10,19H,6-8H2,1H3,(H,17,20). The van der Waals surface area contributed by atoms with E-state index in [1.807, 2.05) is 6.92 Å². The molecule has 2 aromatic rings. The number of hydrogen-bond acceptors (Lipinski definition) is 4. The minimum absolute atomic E-state index is 0.106. The summed E-state index contributed by atoms with van der Waals surface area (Å²) in [7, 11) is 0. The summed E-state index contributed by atoms with van der Waals surface area (Å²) in [5.41, 5.74) is 0.398. The molecule has 0 fully saturated rings. The van der Waals surface area contributed by atoms with Crippen molar-refractivity contribution in [3.05, 3.63) is 41.2 Å². The fraction of sp³-hybridized carbons (Fsp3) is 0.333. The number of nitrogens with one attached hydrogen (secondary N) is 1. The van der Waals surface area contributed by atoms with E-state index in [-0.39, 0.29) is 24.2 Å². The molecule has 1 heterocycles. The van der Waals surface area contributed by atoms with Gasteiger partial charge in [-0.15, -0.1) is 11.3 Å². The third-order valence-electron chi connectivity index (χ3n) is 3.07. The minimum atomic E-state index is -0.352. The predicted octanol–water partition coefficient (Wildman–Crippen LogP) is 2.70. The number of hydrogen-bond donors (Lipinski definition) is 2. The van der Waals surface area contributed by atoms with Gasteiger partial charge in [0.1, 0.15) is 15.7 Å². The van der Waals surface area contributed by atoms with Crippen molar-refractivity contribution < 1.29 is 14.3 Å². The third-order valence-corrected chi connectivity index (χ3v) is 4.10. The van der Waals surface area contributed by atoms with Crippen molar-refractivity contribution in [3.63, 3.8) is 0 Å². The van der Waals surface area contributed by atoms with Gasteiger partial charge in [0.25, 0.3) is 5.91 Å². The van der Waals surface area contributed by atoms with Gasteiger partial charge in [0.05, 0.1) is 6.20 Å². The van der Waals surface area contributed by atoms with Crippen LogP contribution in [-0.4, -0.2) is 29.1 Å². The number of aliphatic hydroxyl groups excluding tert-OH is 1. The van der Waals surface area contributed by atoms with Gasteiger partial charge in [0.2, 0.25) is 0 Å². The lowest BCUT2D eigenvalue weighted by Crippen LogP contribution is -2.28. The first-order chi connectivity index (χ1) is 10.1. The van der Waals surface area contributed by atoms with Crippen molar-refractivity contribution in [1.29, 1.82) is 0 Å². The van der Waals surface area contributed by atoms with Crippen molar-refractivity contribution in [3.8, 4) is 10.6 Å². The molecule has 0 aliphatic rings. The van der Waals surface area contributed by atoms with Crippen molar-refractivity contribution in [2.75, 3.05) is 13.2 Å². The lowest BCUT2D eigenvalue weighted by molar-refractivity contribution is 0.0949. The summed E-state index contributed by atoms with van der Waals surface area (Å²) in [5, 5.41) is 12.1. The lowest BCUT2D eigenvalue weighted by Gasteiger charge is -2.09. The molecule has 0 spiro atoms. The highest BCUT2D eigenvalue weighted by Gasteiger charge is 2.14. The topological polar surface area (TPSA) is 62.2 Å². The molecule has 1 amide bonds. The number of benzene rings is 1. The molecule has 0 aliphatic heterocycles. The highest BCUT2D eigenvalue weighted by atomic mass is 32.1. The fourth-order valence-corrected chi connectivity index (χ4v) is 2.67. The smallest absolute Gasteiger partial charge is 0.263 e.